The third-order valence-electron chi connectivity index (χ3n) is 5.83. The number of aromatic nitrogens is 4. The first kappa shape index (κ1) is 20.6. The number of carbonyl (C=O) groups excluding carboxylic acids is 1. The summed E-state index contributed by atoms with van der Waals surface area (Å²) in [5.41, 5.74) is 5.40. The number of piperidine rings is 1. The Hall–Kier alpha value is -2.64. The van der Waals surface area contributed by atoms with Crippen LogP contribution < -0.4 is 5.32 Å². The third-order valence-corrected chi connectivity index (χ3v) is 6.08. The molecule has 1 aromatic carbocycles. The van der Waals surface area contributed by atoms with Gasteiger partial charge in [-0.15, -0.1) is 0 Å². The number of carbonyl (C=O) groups is 1. The van der Waals surface area contributed by atoms with Gasteiger partial charge in [0, 0.05) is 49.0 Å². The first-order valence-electron chi connectivity index (χ1n) is 10.2. The molecule has 7 nitrogen and oxygen atoms in total. The normalized spacial score (nSPS) is 15.5. The Morgan fingerprint density at radius 1 is 1.23 bits per heavy atom. The largest absolute Gasteiger partial charge is 0.348 e. The minimum atomic E-state index is -0.107. The van der Waals surface area contributed by atoms with Crippen molar-refractivity contribution >= 4 is 17.5 Å². The van der Waals surface area contributed by atoms with E-state index in [1.807, 2.05) is 43.8 Å². The molecule has 0 radical (unpaired) electrons. The Bertz CT molecular complexity index is 1030. The molecular formula is C22H27ClN6O. The number of benzene rings is 1. The number of aromatic amines is 1. The van der Waals surface area contributed by atoms with Crippen LogP contribution in [0.2, 0.25) is 5.02 Å². The van der Waals surface area contributed by atoms with Crippen molar-refractivity contribution < 1.29 is 4.79 Å². The second kappa shape index (κ2) is 8.62. The molecule has 158 valence electrons. The van der Waals surface area contributed by atoms with E-state index < -0.39 is 0 Å². The maximum Gasteiger partial charge on any atom is 0.269 e. The lowest BCUT2D eigenvalue weighted by Gasteiger charge is -2.32. The fraction of sp³-hybridized carbons (Fsp3) is 0.409. The highest BCUT2D eigenvalue weighted by molar-refractivity contribution is 6.30. The van der Waals surface area contributed by atoms with E-state index >= 15 is 0 Å². The van der Waals surface area contributed by atoms with Crippen molar-refractivity contribution in [1.29, 1.82) is 0 Å². The minimum Gasteiger partial charge on any atom is -0.348 e. The summed E-state index contributed by atoms with van der Waals surface area (Å²) >= 11 is 5.96. The van der Waals surface area contributed by atoms with E-state index in [2.05, 4.69) is 37.6 Å². The molecule has 0 bridgehead atoms. The third kappa shape index (κ3) is 4.42. The molecule has 1 amide bonds. The van der Waals surface area contributed by atoms with Crippen molar-refractivity contribution in [2.24, 2.45) is 7.05 Å². The lowest BCUT2D eigenvalue weighted by Crippen LogP contribution is -2.44. The van der Waals surface area contributed by atoms with Crippen LogP contribution >= 0.6 is 11.6 Å². The number of aryl methyl sites for hydroxylation is 2. The van der Waals surface area contributed by atoms with Crippen molar-refractivity contribution in [3.63, 3.8) is 0 Å². The van der Waals surface area contributed by atoms with Crippen molar-refractivity contribution in [3.8, 4) is 11.3 Å². The highest BCUT2D eigenvalue weighted by Gasteiger charge is 2.23. The number of H-pyrrole nitrogens is 1. The smallest absolute Gasteiger partial charge is 0.269 e. The van der Waals surface area contributed by atoms with Gasteiger partial charge in [0.1, 0.15) is 5.69 Å². The molecule has 1 aliphatic rings. The Labute approximate surface area is 181 Å². The van der Waals surface area contributed by atoms with Gasteiger partial charge >= 0.3 is 0 Å². The molecule has 0 saturated carbocycles. The van der Waals surface area contributed by atoms with Crippen LogP contribution in [0.4, 0.5) is 0 Å². The zero-order valence-electron chi connectivity index (χ0n) is 17.6. The maximum atomic E-state index is 12.7. The SMILES string of the molecule is Cc1nn(C)c(C)c1-c1cc(C(=O)NC2CCN(Cc3ccc(Cl)cc3)CC2)[nH]n1. The Balaban J connectivity index is 1.32. The number of amides is 1. The van der Waals surface area contributed by atoms with E-state index in [0.717, 1.165) is 60.1 Å². The molecular weight excluding hydrogens is 400 g/mol. The number of hydrogen-bond acceptors (Lipinski definition) is 4. The molecule has 2 N–H and O–H groups in total. The van der Waals surface area contributed by atoms with Gasteiger partial charge in [0.15, 0.2) is 0 Å². The van der Waals surface area contributed by atoms with E-state index in [4.69, 9.17) is 11.6 Å². The summed E-state index contributed by atoms with van der Waals surface area (Å²) in [7, 11) is 1.91. The van der Waals surface area contributed by atoms with Gasteiger partial charge in [-0.25, -0.2) is 0 Å². The molecule has 1 saturated heterocycles. The topological polar surface area (TPSA) is 78.8 Å². The molecule has 0 spiro atoms. The van der Waals surface area contributed by atoms with Gasteiger partial charge in [-0.1, -0.05) is 23.7 Å². The summed E-state index contributed by atoms with van der Waals surface area (Å²) in [5.74, 6) is -0.107. The van der Waals surface area contributed by atoms with Crippen molar-refractivity contribution in [1.82, 2.24) is 30.2 Å². The monoisotopic (exact) mass is 426 g/mol. The van der Waals surface area contributed by atoms with Crippen molar-refractivity contribution in [2.45, 2.75) is 39.3 Å². The lowest BCUT2D eigenvalue weighted by atomic mass is 10.0. The van der Waals surface area contributed by atoms with E-state index in [1.54, 1.807) is 0 Å². The number of hydrogen-bond donors (Lipinski definition) is 2. The Kier molecular flexibility index (Phi) is 5.92. The van der Waals surface area contributed by atoms with Crippen molar-refractivity contribution in [3.05, 3.63) is 58.0 Å². The molecule has 0 atom stereocenters. The molecule has 4 rings (SSSR count). The maximum absolute atomic E-state index is 12.7. The second-order valence-corrected chi connectivity index (χ2v) is 8.42. The summed E-state index contributed by atoms with van der Waals surface area (Å²) in [4.78, 5) is 15.1. The van der Waals surface area contributed by atoms with Crippen LogP contribution in [0.25, 0.3) is 11.3 Å². The Morgan fingerprint density at radius 2 is 1.93 bits per heavy atom. The molecule has 3 heterocycles. The predicted molar refractivity (Wildman–Crippen MR) is 117 cm³/mol. The van der Waals surface area contributed by atoms with E-state index in [9.17, 15) is 4.79 Å². The van der Waals surface area contributed by atoms with Crippen LogP contribution in [-0.2, 0) is 13.6 Å². The van der Waals surface area contributed by atoms with Gasteiger partial charge in [-0.05, 0) is 50.5 Å². The zero-order valence-corrected chi connectivity index (χ0v) is 18.3. The molecule has 0 unspecified atom stereocenters. The first-order valence-corrected chi connectivity index (χ1v) is 10.6. The lowest BCUT2D eigenvalue weighted by molar-refractivity contribution is 0.0904. The Morgan fingerprint density at radius 3 is 2.57 bits per heavy atom. The summed E-state index contributed by atoms with van der Waals surface area (Å²) < 4.78 is 1.83. The summed E-state index contributed by atoms with van der Waals surface area (Å²) in [6, 6.07) is 9.97. The van der Waals surface area contributed by atoms with Crippen LogP contribution in [0.15, 0.2) is 30.3 Å². The number of rotatable bonds is 5. The average Bonchev–Trinajstić information content (AvgIpc) is 3.30. The number of nitrogens with one attached hydrogen (secondary N) is 2. The standard InChI is InChI=1S/C22H27ClN6O/c1-14-21(15(2)28(3)27-14)19-12-20(26-25-19)22(30)24-18-8-10-29(11-9-18)13-16-4-6-17(23)7-5-16/h4-7,12,18H,8-11,13H2,1-3H3,(H,24,30)(H,25,26). The van der Waals surface area contributed by atoms with E-state index in [0.29, 0.717) is 5.69 Å². The molecule has 8 heteroatoms. The molecule has 0 aliphatic carbocycles. The minimum absolute atomic E-state index is 0.107. The predicted octanol–water partition coefficient (Wildman–Crippen LogP) is 3.47. The van der Waals surface area contributed by atoms with Gasteiger partial charge in [0.25, 0.3) is 5.91 Å². The van der Waals surface area contributed by atoms with Gasteiger partial charge in [0.2, 0.25) is 0 Å². The van der Waals surface area contributed by atoms with Crippen LogP contribution in [0.1, 0.15) is 40.3 Å². The molecule has 3 aromatic rings. The van der Waals surface area contributed by atoms with Crippen molar-refractivity contribution in [2.75, 3.05) is 13.1 Å². The van der Waals surface area contributed by atoms with Crippen LogP contribution in [0.5, 0.6) is 0 Å². The van der Waals surface area contributed by atoms with Gasteiger partial charge in [-0.3, -0.25) is 19.5 Å². The highest BCUT2D eigenvalue weighted by atomic mass is 35.5. The van der Waals surface area contributed by atoms with E-state index in [-0.39, 0.29) is 11.9 Å². The zero-order chi connectivity index (χ0) is 21.3. The van der Waals surface area contributed by atoms with Crippen LogP contribution in [0.3, 0.4) is 0 Å². The van der Waals surface area contributed by atoms with E-state index in [1.165, 1.54) is 5.56 Å². The highest BCUT2D eigenvalue weighted by Crippen LogP contribution is 2.25. The van der Waals surface area contributed by atoms with Gasteiger partial charge < -0.3 is 5.32 Å². The number of halogens is 1. The average molecular weight is 427 g/mol. The fourth-order valence-electron chi connectivity index (χ4n) is 4.06. The van der Waals surface area contributed by atoms with Crippen LogP contribution in [0, 0.1) is 13.8 Å². The summed E-state index contributed by atoms with van der Waals surface area (Å²) in [6.45, 7) is 6.77. The quantitative estimate of drug-likeness (QED) is 0.654. The molecule has 2 aromatic heterocycles. The first-order chi connectivity index (χ1) is 14.4. The summed E-state index contributed by atoms with van der Waals surface area (Å²) in [5, 5.41) is 15.6. The second-order valence-electron chi connectivity index (χ2n) is 7.99. The molecule has 30 heavy (non-hydrogen) atoms. The van der Waals surface area contributed by atoms with Gasteiger partial charge in [-0.2, -0.15) is 10.2 Å². The number of nitrogens with zero attached hydrogens (tertiary/aromatic N) is 4. The molecule has 1 fully saturated rings. The number of likely N-dealkylation sites (tertiary alicyclic amines) is 1. The van der Waals surface area contributed by atoms with Gasteiger partial charge in [0.05, 0.1) is 11.4 Å². The van der Waals surface area contributed by atoms with Crippen LogP contribution in [-0.4, -0.2) is 49.9 Å². The molecule has 1 aliphatic heterocycles. The summed E-state index contributed by atoms with van der Waals surface area (Å²) in [6.07, 6.45) is 1.86. The fourth-order valence-corrected chi connectivity index (χ4v) is 4.18.